The maximum atomic E-state index is 13.8. The van der Waals surface area contributed by atoms with E-state index in [9.17, 15) is 4.79 Å². The molecule has 2 heterocycles. The molecular formula is C32H32IN3O. The number of halogens is 1. The summed E-state index contributed by atoms with van der Waals surface area (Å²) in [4.78, 5) is 19.8. The van der Waals surface area contributed by atoms with Crippen molar-refractivity contribution < 1.29 is 4.79 Å². The van der Waals surface area contributed by atoms with E-state index < -0.39 is 0 Å². The molecule has 0 radical (unpaired) electrons. The fourth-order valence-corrected chi connectivity index (χ4v) is 7.45. The number of aromatic amines is 1. The molecule has 5 heteroatoms. The maximum absolute atomic E-state index is 13.8. The molecule has 0 saturated heterocycles. The first-order valence-corrected chi connectivity index (χ1v) is 14.1. The number of fused-ring (bicyclic) bond motifs is 4. The molecule has 4 aromatic rings. The maximum Gasteiger partial charge on any atom is 0.247 e. The van der Waals surface area contributed by atoms with Crippen LogP contribution in [0.15, 0.2) is 91.0 Å². The Morgan fingerprint density at radius 1 is 0.919 bits per heavy atom. The van der Waals surface area contributed by atoms with Gasteiger partial charge in [-0.1, -0.05) is 78.9 Å². The molecule has 1 spiro atoms. The molecule has 6 rings (SSSR count). The highest BCUT2D eigenvalue weighted by atomic mass is 127. The summed E-state index contributed by atoms with van der Waals surface area (Å²) in [5.74, 6) is 0.100. The first-order valence-electron chi connectivity index (χ1n) is 13.1. The Labute approximate surface area is 232 Å². The molecule has 4 nitrogen and oxygen atoms in total. The number of H-pyrrole nitrogens is 1. The average molecular weight is 602 g/mol. The van der Waals surface area contributed by atoms with Gasteiger partial charge in [-0.3, -0.25) is 4.79 Å². The second-order valence-corrected chi connectivity index (χ2v) is 11.9. The summed E-state index contributed by atoms with van der Waals surface area (Å²) in [5.41, 5.74) is 5.83. The third-order valence-electron chi connectivity index (χ3n) is 8.67. The molecule has 1 aliphatic heterocycles. The minimum atomic E-state index is -0.338. The van der Waals surface area contributed by atoms with E-state index in [1.165, 1.54) is 27.7 Å². The minimum absolute atomic E-state index is 0.0503. The smallest absolute Gasteiger partial charge is 0.247 e. The second-order valence-electron chi connectivity index (χ2n) is 10.4. The van der Waals surface area contributed by atoms with E-state index in [1.807, 2.05) is 36.4 Å². The van der Waals surface area contributed by atoms with Crippen LogP contribution in [0.3, 0.4) is 0 Å². The fourth-order valence-electron chi connectivity index (χ4n) is 6.69. The second kappa shape index (κ2) is 9.76. The number of carbonyl (C=O) groups is 1. The number of carbonyl (C=O) groups excluding carboxylic acids is 1. The Balaban J connectivity index is 1.41. The van der Waals surface area contributed by atoms with Crippen molar-refractivity contribution in [3.05, 3.63) is 113 Å². The number of para-hydroxylation sites is 1. The molecule has 1 N–H and O–H groups in total. The van der Waals surface area contributed by atoms with Gasteiger partial charge in [0.05, 0.1) is 11.1 Å². The largest absolute Gasteiger partial charge is 0.356 e. The molecule has 0 unspecified atom stereocenters. The van der Waals surface area contributed by atoms with Crippen molar-refractivity contribution in [1.82, 2.24) is 13.0 Å². The van der Waals surface area contributed by atoms with Gasteiger partial charge in [-0.05, 0) is 68.0 Å². The SMILES string of the molecule is CN(I)[C@]1(c2ccccc2)CC[C@]2(CC1)c1[nH]c3ccccc3c1CCN2C(=O)/C=C/c1ccccc1. The van der Waals surface area contributed by atoms with E-state index in [-0.39, 0.29) is 17.0 Å². The van der Waals surface area contributed by atoms with Crippen LogP contribution in [0, 0.1) is 0 Å². The number of nitrogens with zero attached hydrogens (tertiary/aromatic N) is 2. The third kappa shape index (κ3) is 4.12. The molecular weight excluding hydrogens is 569 g/mol. The highest BCUT2D eigenvalue weighted by Gasteiger charge is 2.53. The minimum Gasteiger partial charge on any atom is -0.356 e. The van der Waals surface area contributed by atoms with Gasteiger partial charge in [0.2, 0.25) is 5.91 Å². The number of nitrogens with one attached hydrogen (secondary N) is 1. The Morgan fingerprint density at radius 2 is 1.57 bits per heavy atom. The Kier molecular flexibility index (Phi) is 6.45. The molecule has 1 saturated carbocycles. The average Bonchev–Trinajstić information content (AvgIpc) is 3.33. The van der Waals surface area contributed by atoms with Crippen LogP contribution in [0.4, 0.5) is 0 Å². The molecule has 0 bridgehead atoms. The van der Waals surface area contributed by atoms with Gasteiger partial charge in [0.15, 0.2) is 0 Å². The summed E-state index contributed by atoms with van der Waals surface area (Å²) < 4.78 is 2.36. The van der Waals surface area contributed by atoms with Gasteiger partial charge in [-0.25, -0.2) is 3.11 Å². The summed E-state index contributed by atoms with van der Waals surface area (Å²) in [6.07, 6.45) is 8.40. The number of hydrogen-bond donors (Lipinski definition) is 1. The summed E-state index contributed by atoms with van der Waals surface area (Å²) >= 11 is 2.46. The Morgan fingerprint density at radius 3 is 2.27 bits per heavy atom. The normalized spacial score (nSPS) is 23.7. The molecule has 1 amide bonds. The number of benzene rings is 3. The molecule has 188 valence electrons. The van der Waals surface area contributed by atoms with Crippen molar-refractivity contribution in [2.45, 2.75) is 43.2 Å². The monoisotopic (exact) mass is 601 g/mol. The lowest BCUT2D eigenvalue weighted by molar-refractivity contribution is -0.137. The highest BCUT2D eigenvalue weighted by molar-refractivity contribution is 14.1. The van der Waals surface area contributed by atoms with E-state index in [0.29, 0.717) is 0 Å². The summed E-state index contributed by atoms with van der Waals surface area (Å²) in [6.45, 7) is 0.741. The Hall–Kier alpha value is -2.90. The van der Waals surface area contributed by atoms with Crippen LogP contribution in [0.25, 0.3) is 17.0 Å². The summed E-state index contributed by atoms with van der Waals surface area (Å²) in [6, 6.07) is 29.6. The van der Waals surface area contributed by atoms with E-state index in [0.717, 1.165) is 44.2 Å². The van der Waals surface area contributed by atoms with Crippen LogP contribution >= 0.6 is 22.9 Å². The lowest BCUT2D eigenvalue weighted by atomic mass is 9.65. The molecule has 1 aliphatic carbocycles. The zero-order valence-electron chi connectivity index (χ0n) is 21.2. The summed E-state index contributed by atoms with van der Waals surface area (Å²) in [7, 11) is 2.19. The van der Waals surface area contributed by atoms with Gasteiger partial charge in [0, 0.05) is 52.1 Å². The predicted molar refractivity (Wildman–Crippen MR) is 159 cm³/mol. The molecule has 3 aromatic carbocycles. The standard InChI is InChI=1S/C32H32IN3O/c1-35(33)31(25-12-6-3-7-13-25)19-21-32(22-20-31)30-27(26-14-8-9-15-28(26)34-30)18-23-36(32)29(37)17-16-24-10-4-2-5-11-24/h2-17,34H,18-23H2,1H3/b17-16+/t31-,32+. The van der Waals surface area contributed by atoms with Crippen molar-refractivity contribution in [3.63, 3.8) is 0 Å². The van der Waals surface area contributed by atoms with Gasteiger partial charge >= 0.3 is 0 Å². The van der Waals surface area contributed by atoms with Crippen LogP contribution in [-0.4, -0.2) is 32.5 Å². The zero-order valence-corrected chi connectivity index (χ0v) is 23.3. The van der Waals surface area contributed by atoms with Crippen LogP contribution in [0.2, 0.25) is 0 Å². The van der Waals surface area contributed by atoms with Crippen molar-refractivity contribution in [3.8, 4) is 0 Å². The Bertz CT molecular complexity index is 1430. The van der Waals surface area contributed by atoms with E-state index in [2.05, 4.69) is 97.5 Å². The van der Waals surface area contributed by atoms with Crippen LogP contribution in [-0.2, 0) is 22.3 Å². The quantitative estimate of drug-likeness (QED) is 0.153. The van der Waals surface area contributed by atoms with Crippen molar-refractivity contribution in [1.29, 1.82) is 0 Å². The molecule has 1 fully saturated rings. The predicted octanol–water partition coefficient (Wildman–Crippen LogP) is 7.21. The van der Waals surface area contributed by atoms with Gasteiger partial charge in [-0.15, -0.1) is 0 Å². The first kappa shape index (κ1) is 24.4. The summed E-state index contributed by atoms with van der Waals surface area (Å²) in [5, 5.41) is 1.30. The number of amides is 1. The van der Waals surface area contributed by atoms with Gasteiger partial charge in [0.1, 0.15) is 0 Å². The molecule has 1 aromatic heterocycles. The lowest BCUT2D eigenvalue weighted by Crippen LogP contribution is -2.57. The van der Waals surface area contributed by atoms with Gasteiger partial charge in [0.25, 0.3) is 0 Å². The molecule has 2 aliphatic rings. The van der Waals surface area contributed by atoms with Crippen LogP contribution < -0.4 is 0 Å². The van der Waals surface area contributed by atoms with Crippen molar-refractivity contribution in [2.75, 3.05) is 13.6 Å². The zero-order chi connectivity index (χ0) is 25.5. The van der Waals surface area contributed by atoms with E-state index >= 15 is 0 Å². The van der Waals surface area contributed by atoms with Crippen molar-refractivity contribution >= 4 is 45.8 Å². The van der Waals surface area contributed by atoms with E-state index in [1.54, 1.807) is 6.08 Å². The third-order valence-corrected chi connectivity index (χ3v) is 9.59. The first-order chi connectivity index (χ1) is 18.0. The number of rotatable bonds is 4. The highest BCUT2D eigenvalue weighted by Crippen LogP contribution is 2.54. The molecule has 37 heavy (non-hydrogen) atoms. The van der Waals surface area contributed by atoms with Crippen molar-refractivity contribution in [2.24, 2.45) is 0 Å². The molecule has 0 atom stereocenters. The van der Waals surface area contributed by atoms with E-state index in [4.69, 9.17) is 0 Å². The van der Waals surface area contributed by atoms with Gasteiger partial charge < -0.3 is 9.88 Å². The number of aromatic nitrogens is 1. The lowest BCUT2D eigenvalue weighted by Gasteiger charge is -2.54. The fraction of sp³-hybridized carbons (Fsp3) is 0.281. The van der Waals surface area contributed by atoms with Crippen LogP contribution in [0.5, 0.6) is 0 Å². The van der Waals surface area contributed by atoms with Gasteiger partial charge in [-0.2, -0.15) is 0 Å². The number of hydrogen-bond acceptors (Lipinski definition) is 2. The topological polar surface area (TPSA) is 39.3 Å². The van der Waals surface area contributed by atoms with Crippen LogP contribution in [0.1, 0.15) is 48.1 Å².